The van der Waals surface area contributed by atoms with Crippen LogP contribution in [0.4, 0.5) is 0 Å². The van der Waals surface area contributed by atoms with Crippen LogP contribution in [0, 0.1) is 5.92 Å². The maximum Gasteiger partial charge on any atom is 0.237 e. The summed E-state index contributed by atoms with van der Waals surface area (Å²) in [4.78, 5) is 14.4. The Morgan fingerprint density at radius 2 is 2.32 bits per heavy atom. The van der Waals surface area contributed by atoms with Crippen molar-refractivity contribution in [3.63, 3.8) is 0 Å². The number of piperidine rings is 1. The molecule has 0 spiro atoms. The Kier molecular flexibility index (Phi) is 8.02. The van der Waals surface area contributed by atoms with Gasteiger partial charge in [-0.3, -0.25) is 9.69 Å². The van der Waals surface area contributed by atoms with Gasteiger partial charge < -0.3 is 15.4 Å². The molecular formula is C14H29N3O2. The van der Waals surface area contributed by atoms with Gasteiger partial charge in [-0.2, -0.15) is 0 Å². The Morgan fingerprint density at radius 1 is 1.53 bits per heavy atom. The van der Waals surface area contributed by atoms with E-state index in [-0.39, 0.29) is 11.9 Å². The number of nitrogens with one attached hydrogen (secondary N) is 2. The van der Waals surface area contributed by atoms with Gasteiger partial charge in [0, 0.05) is 26.8 Å². The second kappa shape index (κ2) is 9.28. The summed E-state index contributed by atoms with van der Waals surface area (Å²) in [7, 11) is 3.67. The minimum absolute atomic E-state index is 0.0257. The number of carbonyl (C=O) groups excluding carboxylic acids is 1. The number of ether oxygens (including phenoxy) is 1. The smallest absolute Gasteiger partial charge is 0.237 e. The Morgan fingerprint density at radius 3 is 3.00 bits per heavy atom. The molecule has 1 fully saturated rings. The molecule has 5 nitrogen and oxygen atoms in total. The number of nitrogens with zero attached hydrogens (tertiary/aromatic N) is 1. The predicted molar refractivity (Wildman–Crippen MR) is 77.2 cm³/mol. The van der Waals surface area contributed by atoms with E-state index < -0.39 is 0 Å². The molecule has 0 saturated carbocycles. The molecule has 112 valence electrons. The summed E-state index contributed by atoms with van der Waals surface area (Å²) in [5, 5.41) is 6.22. The Labute approximate surface area is 117 Å². The molecule has 0 aliphatic carbocycles. The standard InChI is InChI=1S/C14H29N3O2/c1-12(14(18)16-7-5-9-19-3)17-8-4-6-13(11-17)10-15-2/h12-13,15H,4-11H2,1-3H3,(H,16,18). The van der Waals surface area contributed by atoms with Crippen LogP contribution in [0.3, 0.4) is 0 Å². The molecule has 1 rings (SSSR count). The summed E-state index contributed by atoms with van der Waals surface area (Å²) >= 11 is 0. The average molecular weight is 271 g/mol. The van der Waals surface area contributed by atoms with E-state index in [1.807, 2.05) is 14.0 Å². The van der Waals surface area contributed by atoms with Crippen molar-refractivity contribution in [2.45, 2.75) is 32.2 Å². The molecule has 0 aromatic rings. The number of hydrogen-bond acceptors (Lipinski definition) is 4. The third kappa shape index (κ3) is 5.89. The van der Waals surface area contributed by atoms with Gasteiger partial charge in [0.2, 0.25) is 5.91 Å². The van der Waals surface area contributed by atoms with Gasteiger partial charge >= 0.3 is 0 Å². The second-order valence-corrected chi connectivity index (χ2v) is 5.37. The zero-order valence-electron chi connectivity index (χ0n) is 12.6. The van der Waals surface area contributed by atoms with E-state index in [9.17, 15) is 4.79 Å². The summed E-state index contributed by atoms with van der Waals surface area (Å²) in [5.41, 5.74) is 0. The fourth-order valence-electron chi connectivity index (χ4n) is 2.65. The van der Waals surface area contributed by atoms with Crippen LogP contribution in [0.2, 0.25) is 0 Å². The molecule has 1 aliphatic heterocycles. The molecule has 5 heteroatoms. The quantitative estimate of drug-likeness (QED) is 0.630. The molecule has 0 radical (unpaired) electrons. The van der Waals surface area contributed by atoms with Gasteiger partial charge in [0.1, 0.15) is 0 Å². The highest BCUT2D eigenvalue weighted by Gasteiger charge is 2.26. The van der Waals surface area contributed by atoms with Crippen molar-refractivity contribution in [2.75, 3.05) is 46.9 Å². The zero-order chi connectivity index (χ0) is 14.1. The van der Waals surface area contributed by atoms with Crippen molar-refractivity contribution in [1.29, 1.82) is 0 Å². The maximum atomic E-state index is 12.1. The second-order valence-electron chi connectivity index (χ2n) is 5.37. The predicted octanol–water partition coefficient (Wildman–Crippen LogP) is 0.459. The van der Waals surface area contributed by atoms with Crippen LogP contribution in [0.25, 0.3) is 0 Å². The van der Waals surface area contributed by atoms with Gasteiger partial charge in [-0.25, -0.2) is 0 Å². The third-order valence-corrected chi connectivity index (χ3v) is 3.79. The van der Waals surface area contributed by atoms with Crippen LogP contribution in [0.1, 0.15) is 26.2 Å². The van der Waals surface area contributed by atoms with Crippen molar-refractivity contribution in [2.24, 2.45) is 5.92 Å². The van der Waals surface area contributed by atoms with Gasteiger partial charge in [0.25, 0.3) is 0 Å². The highest BCUT2D eigenvalue weighted by molar-refractivity contribution is 5.81. The van der Waals surface area contributed by atoms with Crippen LogP contribution >= 0.6 is 0 Å². The number of methoxy groups -OCH3 is 1. The van der Waals surface area contributed by atoms with Gasteiger partial charge in [0.05, 0.1) is 6.04 Å². The minimum atomic E-state index is -0.0257. The topological polar surface area (TPSA) is 53.6 Å². The zero-order valence-corrected chi connectivity index (χ0v) is 12.6. The number of amides is 1. The lowest BCUT2D eigenvalue weighted by Crippen LogP contribution is -2.50. The fourth-order valence-corrected chi connectivity index (χ4v) is 2.65. The summed E-state index contributed by atoms with van der Waals surface area (Å²) in [5.74, 6) is 0.809. The summed E-state index contributed by atoms with van der Waals surface area (Å²) in [6.45, 7) is 6.50. The Balaban J connectivity index is 2.30. The van der Waals surface area contributed by atoms with Gasteiger partial charge in [-0.1, -0.05) is 0 Å². The first-order valence-electron chi connectivity index (χ1n) is 7.34. The van der Waals surface area contributed by atoms with E-state index in [0.717, 1.165) is 26.1 Å². The van der Waals surface area contributed by atoms with Crippen molar-refractivity contribution >= 4 is 5.91 Å². The molecule has 19 heavy (non-hydrogen) atoms. The van der Waals surface area contributed by atoms with Crippen molar-refractivity contribution in [3.8, 4) is 0 Å². The number of rotatable bonds is 8. The molecule has 0 aromatic carbocycles. The van der Waals surface area contributed by atoms with E-state index in [4.69, 9.17) is 4.74 Å². The van der Waals surface area contributed by atoms with Gasteiger partial charge in [-0.05, 0) is 52.2 Å². The molecule has 0 bridgehead atoms. The van der Waals surface area contributed by atoms with E-state index >= 15 is 0 Å². The first-order chi connectivity index (χ1) is 9.19. The minimum Gasteiger partial charge on any atom is -0.385 e. The van der Waals surface area contributed by atoms with Crippen molar-refractivity contribution < 1.29 is 9.53 Å². The monoisotopic (exact) mass is 271 g/mol. The van der Waals surface area contributed by atoms with Crippen LogP contribution in [0.15, 0.2) is 0 Å². The lowest BCUT2D eigenvalue weighted by molar-refractivity contribution is -0.126. The van der Waals surface area contributed by atoms with Crippen molar-refractivity contribution in [1.82, 2.24) is 15.5 Å². The maximum absolute atomic E-state index is 12.1. The highest BCUT2D eigenvalue weighted by Crippen LogP contribution is 2.17. The Hall–Kier alpha value is -0.650. The normalized spacial score (nSPS) is 22.2. The lowest BCUT2D eigenvalue weighted by atomic mass is 9.96. The molecule has 1 saturated heterocycles. The number of hydrogen-bond donors (Lipinski definition) is 2. The molecule has 1 aliphatic rings. The van der Waals surface area contributed by atoms with Gasteiger partial charge in [0.15, 0.2) is 0 Å². The highest BCUT2D eigenvalue weighted by atomic mass is 16.5. The molecule has 2 unspecified atom stereocenters. The molecule has 2 atom stereocenters. The van der Waals surface area contributed by atoms with Gasteiger partial charge in [-0.15, -0.1) is 0 Å². The Bertz CT molecular complexity index is 259. The molecule has 1 amide bonds. The number of carbonyl (C=O) groups is 1. The average Bonchev–Trinajstić information content (AvgIpc) is 2.43. The summed E-state index contributed by atoms with van der Waals surface area (Å²) in [6, 6.07) is -0.0257. The largest absolute Gasteiger partial charge is 0.385 e. The van der Waals surface area contributed by atoms with E-state index in [1.54, 1.807) is 7.11 Å². The van der Waals surface area contributed by atoms with Crippen LogP contribution in [0.5, 0.6) is 0 Å². The van der Waals surface area contributed by atoms with Crippen LogP contribution in [-0.2, 0) is 9.53 Å². The van der Waals surface area contributed by atoms with Crippen molar-refractivity contribution in [3.05, 3.63) is 0 Å². The first-order valence-corrected chi connectivity index (χ1v) is 7.34. The number of likely N-dealkylation sites (tertiary alicyclic amines) is 1. The molecule has 2 N–H and O–H groups in total. The fraction of sp³-hybridized carbons (Fsp3) is 0.929. The van der Waals surface area contributed by atoms with Crippen LogP contribution < -0.4 is 10.6 Å². The first kappa shape index (κ1) is 16.4. The van der Waals surface area contributed by atoms with E-state index in [0.29, 0.717) is 19.1 Å². The molecule has 0 aromatic heterocycles. The summed E-state index contributed by atoms with van der Waals surface area (Å²) in [6.07, 6.45) is 3.32. The third-order valence-electron chi connectivity index (χ3n) is 3.79. The summed E-state index contributed by atoms with van der Waals surface area (Å²) < 4.78 is 4.97. The molecule has 1 heterocycles. The SMILES string of the molecule is CNCC1CCCN(C(C)C(=O)NCCCOC)C1. The molecular weight excluding hydrogens is 242 g/mol. The van der Waals surface area contributed by atoms with E-state index in [1.165, 1.54) is 12.8 Å². The lowest BCUT2D eigenvalue weighted by Gasteiger charge is -2.36. The van der Waals surface area contributed by atoms with E-state index in [2.05, 4.69) is 15.5 Å². The van der Waals surface area contributed by atoms with Crippen LogP contribution in [-0.4, -0.2) is 63.8 Å².